The number of methoxy groups -OCH3 is 1. The van der Waals surface area contributed by atoms with Crippen molar-refractivity contribution < 1.29 is 24.2 Å². The van der Waals surface area contributed by atoms with Crippen LogP contribution in [0.25, 0.3) is 5.76 Å². The molecule has 1 atom stereocenters. The average molecular weight is 526 g/mol. The lowest BCUT2D eigenvalue weighted by Crippen LogP contribution is -2.31. The minimum Gasteiger partial charge on any atom is -0.507 e. The van der Waals surface area contributed by atoms with Crippen molar-refractivity contribution in [3.05, 3.63) is 105 Å². The van der Waals surface area contributed by atoms with Crippen LogP contribution in [0.3, 0.4) is 0 Å². The number of halogens is 2. The van der Waals surface area contributed by atoms with Crippen LogP contribution in [0.4, 0.5) is 0 Å². The van der Waals surface area contributed by atoms with Crippen molar-refractivity contribution in [2.75, 3.05) is 20.3 Å². The Bertz CT molecular complexity index is 1270. The third-order valence-electron chi connectivity index (χ3n) is 5.92. The summed E-state index contributed by atoms with van der Waals surface area (Å²) in [7, 11) is 1.57. The lowest BCUT2D eigenvalue weighted by Gasteiger charge is -2.25. The normalized spacial score (nSPS) is 17.0. The van der Waals surface area contributed by atoms with Gasteiger partial charge >= 0.3 is 0 Å². The first-order valence-electron chi connectivity index (χ1n) is 11.4. The number of Topliss-reactive ketones (excluding diaryl/α,β-unsaturated/α-hetero) is 1. The van der Waals surface area contributed by atoms with Gasteiger partial charge in [0.2, 0.25) is 0 Å². The van der Waals surface area contributed by atoms with Gasteiger partial charge in [-0.05, 0) is 53.9 Å². The van der Waals surface area contributed by atoms with Crippen molar-refractivity contribution >= 4 is 40.7 Å². The minimum atomic E-state index is -0.814. The van der Waals surface area contributed by atoms with E-state index in [2.05, 4.69) is 0 Å². The highest BCUT2D eigenvalue weighted by atomic mass is 35.5. The summed E-state index contributed by atoms with van der Waals surface area (Å²) in [6.45, 7) is 1.09. The van der Waals surface area contributed by atoms with E-state index in [9.17, 15) is 14.7 Å². The SMILES string of the molecule is COCCCN1C(=O)C(=O)/C(=C(/O)c2ccc(OCc3ccccc3)cc2)C1c1ccc(Cl)c(Cl)c1. The maximum absolute atomic E-state index is 13.1. The fourth-order valence-corrected chi connectivity index (χ4v) is 4.43. The Morgan fingerprint density at radius 2 is 1.69 bits per heavy atom. The molecule has 1 fully saturated rings. The fraction of sp³-hybridized carbons (Fsp3) is 0.214. The van der Waals surface area contributed by atoms with E-state index >= 15 is 0 Å². The molecule has 1 N–H and O–H groups in total. The zero-order chi connectivity index (χ0) is 25.7. The molecule has 3 aromatic rings. The molecular formula is C28H25Cl2NO5. The molecule has 4 rings (SSSR count). The number of aliphatic hydroxyl groups excluding tert-OH is 1. The van der Waals surface area contributed by atoms with Gasteiger partial charge in [-0.25, -0.2) is 0 Å². The molecule has 36 heavy (non-hydrogen) atoms. The Morgan fingerprint density at radius 3 is 2.36 bits per heavy atom. The van der Waals surface area contributed by atoms with Gasteiger partial charge in [0.15, 0.2) is 0 Å². The van der Waals surface area contributed by atoms with Gasteiger partial charge in [-0.2, -0.15) is 0 Å². The van der Waals surface area contributed by atoms with Gasteiger partial charge in [-0.15, -0.1) is 0 Å². The van der Waals surface area contributed by atoms with E-state index in [1.807, 2.05) is 30.3 Å². The number of likely N-dealkylation sites (tertiary alicyclic amines) is 1. The molecule has 1 aliphatic heterocycles. The number of ether oxygens (including phenoxy) is 2. The van der Waals surface area contributed by atoms with Crippen molar-refractivity contribution in [1.29, 1.82) is 0 Å². The number of carbonyl (C=O) groups is 2. The lowest BCUT2D eigenvalue weighted by molar-refractivity contribution is -0.140. The van der Waals surface area contributed by atoms with Crippen LogP contribution in [0.5, 0.6) is 5.75 Å². The van der Waals surface area contributed by atoms with Crippen molar-refractivity contribution in [1.82, 2.24) is 4.90 Å². The van der Waals surface area contributed by atoms with Crippen molar-refractivity contribution in [3.8, 4) is 5.75 Å². The molecule has 0 aliphatic carbocycles. The van der Waals surface area contributed by atoms with Crippen molar-refractivity contribution in [3.63, 3.8) is 0 Å². The zero-order valence-electron chi connectivity index (χ0n) is 19.6. The second-order valence-corrected chi connectivity index (χ2v) is 9.13. The van der Waals surface area contributed by atoms with E-state index in [-0.39, 0.29) is 22.9 Å². The number of amides is 1. The second-order valence-electron chi connectivity index (χ2n) is 8.31. The number of carbonyl (C=O) groups excluding carboxylic acids is 2. The van der Waals surface area contributed by atoms with Crippen LogP contribution in [0.1, 0.15) is 29.2 Å². The number of ketones is 1. The Kier molecular flexibility index (Phi) is 8.31. The topological polar surface area (TPSA) is 76.1 Å². The third-order valence-corrected chi connectivity index (χ3v) is 6.66. The minimum absolute atomic E-state index is 0.00578. The highest BCUT2D eigenvalue weighted by molar-refractivity contribution is 6.46. The third kappa shape index (κ3) is 5.57. The molecule has 1 heterocycles. The Balaban J connectivity index is 1.66. The molecule has 0 spiro atoms. The van der Waals surface area contributed by atoms with Crippen LogP contribution in [-0.4, -0.2) is 42.0 Å². The summed E-state index contributed by atoms with van der Waals surface area (Å²) < 4.78 is 10.9. The van der Waals surface area contributed by atoms with Gasteiger partial charge in [0.25, 0.3) is 11.7 Å². The molecule has 1 unspecified atom stereocenters. The average Bonchev–Trinajstić information content (AvgIpc) is 3.15. The highest BCUT2D eigenvalue weighted by Crippen LogP contribution is 2.41. The summed E-state index contributed by atoms with van der Waals surface area (Å²) in [5.41, 5.74) is 1.99. The predicted molar refractivity (Wildman–Crippen MR) is 139 cm³/mol. The summed E-state index contributed by atoms with van der Waals surface area (Å²) in [6, 6.07) is 20.6. The van der Waals surface area contributed by atoms with E-state index in [1.165, 1.54) is 4.90 Å². The molecule has 3 aromatic carbocycles. The molecule has 1 aliphatic rings. The smallest absolute Gasteiger partial charge is 0.295 e. The quantitative estimate of drug-likeness (QED) is 0.160. The van der Waals surface area contributed by atoms with Crippen LogP contribution in [0.15, 0.2) is 78.4 Å². The Morgan fingerprint density at radius 1 is 0.972 bits per heavy atom. The first-order valence-corrected chi connectivity index (χ1v) is 12.2. The van der Waals surface area contributed by atoms with Gasteiger partial charge in [0.1, 0.15) is 18.1 Å². The van der Waals surface area contributed by atoms with Gasteiger partial charge in [-0.1, -0.05) is 59.6 Å². The number of nitrogens with zero attached hydrogens (tertiary/aromatic N) is 1. The second kappa shape index (κ2) is 11.6. The molecule has 0 aromatic heterocycles. The number of benzene rings is 3. The standard InChI is InChI=1S/C28H25Cl2NO5/c1-35-15-5-14-31-25(20-10-13-22(29)23(30)16-20)24(27(33)28(31)34)26(32)19-8-11-21(12-9-19)36-17-18-6-3-2-4-7-18/h2-4,6-13,16,25,32H,5,14-15,17H2,1H3/b26-24+. The first-order chi connectivity index (χ1) is 17.4. The summed E-state index contributed by atoms with van der Waals surface area (Å²) in [4.78, 5) is 27.5. The molecule has 186 valence electrons. The molecule has 0 bridgehead atoms. The van der Waals surface area contributed by atoms with E-state index in [0.29, 0.717) is 41.5 Å². The molecule has 1 saturated heterocycles. The summed E-state index contributed by atoms with van der Waals surface area (Å²) in [6.07, 6.45) is 0.523. The van der Waals surface area contributed by atoms with E-state index in [4.69, 9.17) is 32.7 Å². The zero-order valence-corrected chi connectivity index (χ0v) is 21.1. The largest absolute Gasteiger partial charge is 0.507 e. The van der Waals surface area contributed by atoms with Crippen LogP contribution in [0, 0.1) is 0 Å². The summed E-state index contributed by atoms with van der Waals surface area (Å²) in [5.74, 6) is -1.11. The molecule has 1 amide bonds. The lowest BCUT2D eigenvalue weighted by atomic mass is 9.95. The Hall–Kier alpha value is -3.32. The van der Waals surface area contributed by atoms with E-state index < -0.39 is 17.7 Å². The summed E-state index contributed by atoms with van der Waals surface area (Å²) in [5, 5.41) is 11.8. The van der Waals surface area contributed by atoms with Crippen LogP contribution in [0.2, 0.25) is 10.0 Å². The van der Waals surface area contributed by atoms with E-state index in [1.54, 1.807) is 49.6 Å². The highest BCUT2D eigenvalue weighted by Gasteiger charge is 2.45. The van der Waals surface area contributed by atoms with Gasteiger partial charge in [-0.3, -0.25) is 9.59 Å². The van der Waals surface area contributed by atoms with E-state index in [0.717, 1.165) is 5.56 Å². The number of hydrogen-bond donors (Lipinski definition) is 1. The van der Waals surface area contributed by atoms with Gasteiger partial charge in [0, 0.05) is 25.8 Å². The summed E-state index contributed by atoms with van der Waals surface area (Å²) >= 11 is 12.3. The molecule has 0 saturated carbocycles. The van der Waals surface area contributed by atoms with Gasteiger partial charge < -0.3 is 19.5 Å². The number of rotatable bonds is 9. The maximum Gasteiger partial charge on any atom is 0.295 e. The molecule has 8 heteroatoms. The Labute approximate surface area is 219 Å². The van der Waals surface area contributed by atoms with Crippen LogP contribution >= 0.6 is 23.2 Å². The van der Waals surface area contributed by atoms with Crippen LogP contribution in [-0.2, 0) is 20.9 Å². The number of aliphatic hydroxyl groups is 1. The maximum atomic E-state index is 13.1. The van der Waals surface area contributed by atoms with Crippen molar-refractivity contribution in [2.45, 2.75) is 19.1 Å². The number of hydrogen-bond acceptors (Lipinski definition) is 5. The molecule has 0 radical (unpaired) electrons. The predicted octanol–water partition coefficient (Wildman–Crippen LogP) is 6.03. The van der Waals surface area contributed by atoms with Crippen molar-refractivity contribution in [2.24, 2.45) is 0 Å². The first kappa shape index (κ1) is 25.8. The fourth-order valence-electron chi connectivity index (χ4n) is 4.12. The monoisotopic (exact) mass is 525 g/mol. The molecule has 6 nitrogen and oxygen atoms in total. The van der Waals surface area contributed by atoms with Crippen LogP contribution < -0.4 is 4.74 Å². The molecular weight excluding hydrogens is 501 g/mol. The van der Waals surface area contributed by atoms with Gasteiger partial charge in [0.05, 0.1) is 21.7 Å².